The van der Waals surface area contributed by atoms with E-state index in [9.17, 15) is 9.59 Å². The number of nitrogens with zero attached hydrogens (tertiary/aromatic N) is 2. The third-order valence-corrected chi connectivity index (χ3v) is 3.02. The van der Waals surface area contributed by atoms with Crippen molar-refractivity contribution in [3.63, 3.8) is 0 Å². The van der Waals surface area contributed by atoms with Gasteiger partial charge in [0, 0.05) is 12.4 Å². The van der Waals surface area contributed by atoms with Crippen molar-refractivity contribution in [2.45, 2.75) is 52.0 Å². The molecule has 1 rings (SSSR count). The second-order valence-electron chi connectivity index (χ2n) is 4.82. The molecule has 1 heterocycles. The highest BCUT2D eigenvalue weighted by Gasteiger charge is 2.25. The molecule has 6 heteroatoms. The Morgan fingerprint density at radius 2 is 1.81 bits per heavy atom. The van der Waals surface area contributed by atoms with Gasteiger partial charge in [0.2, 0.25) is 0 Å². The summed E-state index contributed by atoms with van der Waals surface area (Å²) in [5.41, 5.74) is 0. The number of ether oxygens (including phenoxy) is 2. The number of esters is 2. The van der Waals surface area contributed by atoms with E-state index in [1.807, 2.05) is 13.8 Å². The lowest BCUT2D eigenvalue weighted by Crippen LogP contribution is -2.25. The van der Waals surface area contributed by atoms with E-state index in [-0.39, 0.29) is 6.42 Å². The molecule has 0 aromatic carbocycles. The normalized spacial score (nSPS) is 11.9. The molecule has 0 amide bonds. The van der Waals surface area contributed by atoms with Crippen molar-refractivity contribution >= 4 is 11.9 Å². The fourth-order valence-electron chi connectivity index (χ4n) is 1.72. The van der Waals surface area contributed by atoms with Crippen molar-refractivity contribution in [2.24, 2.45) is 0 Å². The van der Waals surface area contributed by atoms with Crippen molar-refractivity contribution in [1.29, 1.82) is 0 Å². The van der Waals surface area contributed by atoms with E-state index in [1.165, 1.54) is 6.33 Å². The minimum atomic E-state index is -0.710. The highest BCUT2D eigenvalue weighted by molar-refractivity contribution is 5.81. The lowest BCUT2D eigenvalue weighted by Gasteiger charge is -2.16. The van der Waals surface area contributed by atoms with Crippen LogP contribution in [0.2, 0.25) is 0 Å². The number of hydrogen-bond acceptors (Lipinski definition) is 5. The fraction of sp³-hybridized carbons (Fsp3) is 0.667. The van der Waals surface area contributed by atoms with Gasteiger partial charge in [-0.25, -0.2) is 9.78 Å². The second-order valence-corrected chi connectivity index (χ2v) is 4.82. The molecule has 0 saturated heterocycles. The molecule has 0 aliphatic carbocycles. The van der Waals surface area contributed by atoms with Crippen molar-refractivity contribution in [2.75, 3.05) is 13.2 Å². The van der Waals surface area contributed by atoms with Crippen LogP contribution in [0.25, 0.3) is 0 Å². The smallest absolute Gasteiger partial charge is 0.329 e. The third-order valence-electron chi connectivity index (χ3n) is 3.02. The first-order valence-corrected chi connectivity index (χ1v) is 7.48. The van der Waals surface area contributed by atoms with Gasteiger partial charge in [-0.15, -0.1) is 0 Å². The minimum Gasteiger partial charge on any atom is -0.466 e. The van der Waals surface area contributed by atoms with Crippen LogP contribution in [0.15, 0.2) is 18.7 Å². The summed E-state index contributed by atoms with van der Waals surface area (Å²) in [5, 5.41) is 0. The Morgan fingerprint density at radius 1 is 1.14 bits per heavy atom. The van der Waals surface area contributed by atoms with Crippen molar-refractivity contribution < 1.29 is 19.1 Å². The molecule has 0 fully saturated rings. The lowest BCUT2D eigenvalue weighted by molar-refractivity contribution is -0.154. The summed E-state index contributed by atoms with van der Waals surface area (Å²) >= 11 is 0. The Morgan fingerprint density at radius 3 is 2.38 bits per heavy atom. The molecule has 0 N–H and O–H groups in total. The first-order valence-electron chi connectivity index (χ1n) is 7.48. The quantitative estimate of drug-likeness (QED) is 0.490. The van der Waals surface area contributed by atoms with Gasteiger partial charge in [0.25, 0.3) is 0 Å². The monoisotopic (exact) mass is 296 g/mol. The van der Waals surface area contributed by atoms with Crippen molar-refractivity contribution in [3.8, 4) is 0 Å². The molecule has 6 nitrogen and oxygen atoms in total. The van der Waals surface area contributed by atoms with E-state index in [4.69, 9.17) is 9.47 Å². The van der Waals surface area contributed by atoms with E-state index >= 15 is 0 Å². The van der Waals surface area contributed by atoms with E-state index in [0.29, 0.717) is 13.2 Å². The molecular weight excluding hydrogens is 272 g/mol. The van der Waals surface area contributed by atoms with Crippen molar-refractivity contribution in [1.82, 2.24) is 9.55 Å². The zero-order valence-electron chi connectivity index (χ0n) is 12.8. The SMILES string of the molecule is CCCCOC(=O)C[C@@H](C(=O)OCCCC)n1ccnc1. The number of rotatable bonds is 10. The van der Waals surface area contributed by atoms with Gasteiger partial charge in [-0.1, -0.05) is 26.7 Å². The summed E-state index contributed by atoms with van der Waals surface area (Å²) in [4.78, 5) is 27.8. The average molecular weight is 296 g/mol. The van der Waals surface area contributed by atoms with Gasteiger partial charge in [-0.05, 0) is 12.8 Å². The highest BCUT2D eigenvalue weighted by Crippen LogP contribution is 2.15. The maximum Gasteiger partial charge on any atom is 0.329 e. The van der Waals surface area contributed by atoms with Crippen LogP contribution >= 0.6 is 0 Å². The van der Waals surface area contributed by atoms with Gasteiger partial charge in [0.15, 0.2) is 0 Å². The maximum atomic E-state index is 12.1. The minimum absolute atomic E-state index is 0.0367. The Balaban J connectivity index is 2.57. The van der Waals surface area contributed by atoms with Crippen LogP contribution in [0.4, 0.5) is 0 Å². The number of unbranched alkanes of at least 4 members (excludes halogenated alkanes) is 2. The van der Waals surface area contributed by atoms with Gasteiger partial charge in [-0.2, -0.15) is 0 Å². The van der Waals surface area contributed by atoms with E-state index < -0.39 is 18.0 Å². The predicted octanol–water partition coefficient (Wildman–Crippen LogP) is 2.50. The van der Waals surface area contributed by atoms with Gasteiger partial charge in [0.1, 0.15) is 6.04 Å². The largest absolute Gasteiger partial charge is 0.466 e. The third kappa shape index (κ3) is 6.42. The van der Waals surface area contributed by atoms with Crippen LogP contribution in [-0.4, -0.2) is 34.7 Å². The molecule has 0 aliphatic heterocycles. The van der Waals surface area contributed by atoms with Gasteiger partial charge in [-0.3, -0.25) is 4.79 Å². The molecule has 1 atom stereocenters. The Hall–Kier alpha value is -1.85. The number of carbonyl (C=O) groups excluding carboxylic acids is 2. The van der Waals surface area contributed by atoms with E-state index in [0.717, 1.165) is 25.7 Å². The summed E-state index contributed by atoms with van der Waals surface area (Å²) in [6.07, 6.45) is 8.21. The highest BCUT2D eigenvalue weighted by atomic mass is 16.5. The van der Waals surface area contributed by atoms with Crippen LogP contribution in [0.1, 0.15) is 52.0 Å². The summed E-state index contributed by atoms with van der Waals surface area (Å²) in [5.74, 6) is -0.816. The predicted molar refractivity (Wildman–Crippen MR) is 77.6 cm³/mol. The Bertz CT molecular complexity index is 417. The average Bonchev–Trinajstić information content (AvgIpc) is 2.99. The number of carbonyl (C=O) groups is 2. The van der Waals surface area contributed by atoms with Gasteiger partial charge < -0.3 is 14.0 Å². The molecule has 0 aliphatic rings. The molecular formula is C15H24N2O4. The van der Waals surface area contributed by atoms with E-state index in [2.05, 4.69) is 4.98 Å². The summed E-state index contributed by atoms with van der Waals surface area (Å²) < 4.78 is 11.9. The number of hydrogen-bond donors (Lipinski definition) is 0. The van der Waals surface area contributed by atoms with Gasteiger partial charge >= 0.3 is 11.9 Å². The van der Waals surface area contributed by atoms with Crippen LogP contribution in [0.3, 0.4) is 0 Å². The molecule has 1 aromatic heterocycles. The molecule has 0 radical (unpaired) electrons. The second kappa shape index (κ2) is 9.96. The van der Waals surface area contributed by atoms with E-state index in [1.54, 1.807) is 17.0 Å². The van der Waals surface area contributed by atoms with Gasteiger partial charge in [0.05, 0.1) is 26.0 Å². The fourth-order valence-corrected chi connectivity index (χ4v) is 1.72. The standard InChI is InChI=1S/C15H24N2O4/c1-3-5-9-20-14(18)11-13(17-8-7-16-12-17)15(19)21-10-6-4-2/h7-8,12-13H,3-6,9-11H2,1-2H3/t13-/m0/s1. The summed E-state index contributed by atoms with van der Waals surface area (Å²) in [6.45, 7) is 4.79. The first-order chi connectivity index (χ1) is 10.2. The summed E-state index contributed by atoms with van der Waals surface area (Å²) in [6, 6.07) is -0.710. The molecule has 21 heavy (non-hydrogen) atoms. The zero-order chi connectivity index (χ0) is 15.5. The van der Waals surface area contributed by atoms with Crippen LogP contribution in [0, 0.1) is 0 Å². The zero-order valence-corrected chi connectivity index (χ0v) is 12.8. The Kier molecular flexibility index (Phi) is 8.16. The molecule has 1 aromatic rings. The van der Waals surface area contributed by atoms with Crippen LogP contribution < -0.4 is 0 Å². The first kappa shape index (κ1) is 17.2. The Labute approximate surface area is 125 Å². The molecule has 0 spiro atoms. The van der Waals surface area contributed by atoms with Crippen LogP contribution in [0.5, 0.6) is 0 Å². The lowest BCUT2D eigenvalue weighted by atomic mass is 10.2. The van der Waals surface area contributed by atoms with Crippen molar-refractivity contribution in [3.05, 3.63) is 18.7 Å². The summed E-state index contributed by atoms with van der Waals surface area (Å²) in [7, 11) is 0. The van der Waals surface area contributed by atoms with Crippen LogP contribution in [-0.2, 0) is 19.1 Å². The molecule has 0 unspecified atom stereocenters. The number of imidazole rings is 1. The maximum absolute atomic E-state index is 12.1. The molecule has 0 saturated carbocycles. The molecule has 118 valence electrons. The topological polar surface area (TPSA) is 70.4 Å². The molecule has 0 bridgehead atoms. The number of aromatic nitrogens is 2.